The summed E-state index contributed by atoms with van der Waals surface area (Å²) in [6.07, 6.45) is -3.74. The number of hydrogen-bond acceptors (Lipinski definition) is 9. The Balaban J connectivity index is 5.43. The van der Waals surface area contributed by atoms with Crippen molar-refractivity contribution in [1.82, 2.24) is 16.0 Å². The third-order valence-electron chi connectivity index (χ3n) is 4.83. The van der Waals surface area contributed by atoms with Crippen LogP contribution in [-0.2, 0) is 43.1 Å². The zero-order chi connectivity index (χ0) is 30.3. The van der Waals surface area contributed by atoms with Gasteiger partial charge in [0.15, 0.2) is 0 Å². The van der Waals surface area contributed by atoms with E-state index in [1.54, 1.807) is 20.8 Å². The largest absolute Gasteiger partial charge is 0.481 e. The Labute approximate surface area is 223 Å². The van der Waals surface area contributed by atoms with Gasteiger partial charge in [-0.15, -0.1) is 0 Å². The highest BCUT2D eigenvalue weighted by Gasteiger charge is 2.29. The number of hydrogen-bond donors (Lipinski definition) is 7. The van der Waals surface area contributed by atoms with E-state index in [1.807, 2.05) is 0 Å². The zero-order valence-electron chi connectivity index (χ0n) is 21.9. The van der Waals surface area contributed by atoms with E-state index < -0.39 is 116 Å². The molecule has 0 aliphatic heterocycles. The standard InChI is InChI=1S/C23H35N3O13/c1-23(2,3)39-19(33)11-8-16(28)24-12(20(34)26-14(22(37)38)6-10-18(31)32)4-7-15(27)25-13(21(35)36)5-9-17(29)30/h12-14H,4-11H2,1-3H3,(H,24,28)(H,25,27)(H,26,34)(H,29,30)(H,31,32)(H,35,36)(H,37,38). The van der Waals surface area contributed by atoms with Crippen molar-refractivity contribution in [2.24, 2.45) is 0 Å². The molecule has 0 heterocycles. The molecule has 16 nitrogen and oxygen atoms in total. The van der Waals surface area contributed by atoms with Gasteiger partial charge in [-0.1, -0.05) is 0 Å². The second-order valence-corrected chi connectivity index (χ2v) is 9.47. The van der Waals surface area contributed by atoms with Crippen molar-refractivity contribution in [3.8, 4) is 0 Å². The maximum Gasteiger partial charge on any atom is 0.326 e. The Bertz CT molecular complexity index is 942. The molecule has 0 aromatic carbocycles. The summed E-state index contributed by atoms with van der Waals surface area (Å²) < 4.78 is 5.09. The van der Waals surface area contributed by atoms with Crippen molar-refractivity contribution in [2.45, 2.75) is 95.9 Å². The van der Waals surface area contributed by atoms with E-state index in [2.05, 4.69) is 16.0 Å². The van der Waals surface area contributed by atoms with E-state index in [0.29, 0.717) is 0 Å². The monoisotopic (exact) mass is 561 g/mol. The van der Waals surface area contributed by atoms with E-state index in [4.69, 9.17) is 14.9 Å². The van der Waals surface area contributed by atoms with Gasteiger partial charge < -0.3 is 41.1 Å². The third kappa shape index (κ3) is 17.0. The number of carboxylic acid groups (broad SMARTS) is 4. The molecular formula is C23H35N3O13. The van der Waals surface area contributed by atoms with Crippen LogP contribution >= 0.6 is 0 Å². The van der Waals surface area contributed by atoms with Gasteiger partial charge in [-0.3, -0.25) is 28.8 Å². The smallest absolute Gasteiger partial charge is 0.326 e. The van der Waals surface area contributed by atoms with Gasteiger partial charge in [-0.2, -0.15) is 0 Å². The molecule has 0 spiro atoms. The highest BCUT2D eigenvalue weighted by Crippen LogP contribution is 2.10. The third-order valence-corrected chi connectivity index (χ3v) is 4.83. The van der Waals surface area contributed by atoms with Crippen LogP contribution in [0.3, 0.4) is 0 Å². The number of ether oxygens (including phenoxy) is 1. The summed E-state index contributed by atoms with van der Waals surface area (Å²) >= 11 is 0. The number of rotatable bonds is 18. The molecule has 3 atom stereocenters. The fourth-order valence-electron chi connectivity index (χ4n) is 3.01. The molecule has 220 valence electrons. The first kappa shape index (κ1) is 34.8. The van der Waals surface area contributed by atoms with Crippen molar-refractivity contribution in [3.63, 3.8) is 0 Å². The van der Waals surface area contributed by atoms with Gasteiger partial charge in [0.25, 0.3) is 0 Å². The number of aliphatic carboxylic acids is 4. The maximum atomic E-state index is 12.8. The van der Waals surface area contributed by atoms with Gasteiger partial charge in [0.2, 0.25) is 17.7 Å². The van der Waals surface area contributed by atoms with E-state index in [0.717, 1.165) is 0 Å². The number of carbonyl (C=O) groups is 8. The fourth-order valence-corrected chi connectivity index (χ4v) is 3.01. The summed E-state index contributed by atoms with van der Waals surface area (Å²) in [6.45, 7) is 4.86. The minimum absolute atomic E-state index is 0.349. The van der Waals surface area contributed by atoms with E-state index in [9.17, 15) is 48.6 Å². The lowest BCUT2D eigenvalue weighted by molar-refractivity contribution is -0.156. The van der Waals surface area contributed by atoms with E-state index >= 15 is 0 Å². The molecule has 0 aliphatic rings. The second kappa shape index (κ2) is 16.6. The quantitative estimate of drug-likeness (QED) is 0.102. The van der Waals surface area contributed by atoms with Crippen LogP contribution in [0.4, 0.5) is 0 Å². The van der Waals surface area contributed by atoms with E-state index in [-0.39, 0.29) is 6.42 Å². The molecule has 7 N–H and O–H groups in total. The van der Waals surface area contributed by atoms with Crippen molar-refractivity contribution in [2.75, 3.05) is 0 Å². The summed E-state index contributed by atoms with van der Waals surface area (Å²) in [5.41, 5.74) is -0.802. The number of carbonyl (C=O) groups excluding carboxylic acids is 4. The Kier molecular flexibility index (Phi) is 14.8. The Morgan fingerprint density at radius 1 is 0.590 bits per heavy atom. The number of carboxylic acids is 4. The molecular weight excluding hydrogens is 526 g/mol. The average molecular weight is 562 g/mol. The summed E-state index contributed by atoms with van der Waals surface area (Å²) in [5, 5.41) is 42.4. The van der Waals surface area contributed by atoms with Crippen LogP contribution in [-0.4, -0.2) is 91.7 Å². The summed E-state index contributed by atoms with van der Waals surface area (Å²) in [6, 6.07) is -4.68. The van der Waals surface area contributed by atoms with Gasteiger partial charge in [-0.25, -0.2) is 9.59 Å². The zero-order valence-corrected chi connectivity index (χ0v) is 21.9. The lowest BCUT2D eigenvalue weighted by atomic mass is 10.1. The first-order chi connectivity index (χ1) is 17.9. The Morgan fingerprint density at radius 2 is 1.00 bits per heavy atom. The molecule has 0 aromatic rings. The Morgan fingerprint density at radius 3 is 1.44 bits per heavy atom. The van der Waals surface area contributed by atoms with Gasteiger partial charge in [0.1, 0.15) is 23.7 Å². The lowest BCUT2D eigenvalue weighted by Crippen LogP contribution is -2.52. The van der Waals surface area contributed by atoms with Gasteiger partial charge in [0, 0.05) is 25.7 Å². The molecule has 0 bridgehead atoms. The fraction of sp³-hybridized carbons (Fsp3) is 0.652. The van der Waals surface area contributed by atoms with Crippen LogP contribution in [0.15, 0.2) is 0 Å². The van der Waals surface area contributed by atoms with E-state index in [1.165, 1.54) is 0 Å². The molecule has 3 unspecified atom stereocenters. The molecule has 0 aromatic heterocycles. The molecule has 0 saturated heterocycles. The van der Waals surface area contributed by atoms with Crippen molar-refractivity contribution in [1.29, 1.82) is 0 Å². The van der Waals surface area contributed by atoms with Gasteiger partial charge in [0.05, 0.1) is 6.42 Å². The molecule has 3 amide bonds. The average Bonchev–Trinajstić information content (AvgIpc) is 2.78. The second-order valence-electron chi connectivity index (χ2n) is 9.47. The lowest BCUT2D eigenvalue weighted by Gasteiger charge is -2.22. The van der Waals surface area contributed by atoms with Crippen molar-refractivity contribution >= 4 is 47.6 Å². The topological polar surface area (TPSA) is 263 Å². The van der Waals surface area contributed by atoms with Gasteiger partial charge in [-0.05, 0) is 40.0 Å². The van der Waals surface area contributed by atoms with Crippen LogP contribution in [0.1, 0.15) is 72.1 Å². The maximum absolute atomic E-state index is 12.8. The normalized spacial score (nSPS) is 13.2. The van der Waals surface area contributed by atoms with Crippen LogP contribution < -0.4 is 16.0 Å². The summed E-state index contributed by atoms with van der Waals surface area (Å²) in [7, 11) is 0. The van der Waals surface area contributed by atoms with Crippen LogP contribution in [0.2, 0.25) is 0 Å². The van der Waals surface area contributed by atoms with Gasteiger partial charge >= 0.3 is 29.8 Å². The van der Waals surface area contributed by atoms with Crippen molar-refractivity contribution in [3.05, 3.63) is 0 Å². The molecule has 0 rings (SSSR count). The molecule has 0 radical (unpaired) electrons. The summed E-state index contributed by atoms with van der Waals surface area (Å²) in [4.78, 5) is 93.5. The van der Waals surface area contributed by atoms with Crippen LogP contribution in [0.25, 0.3) is 0 Å². The van der Waals surface area contributed by atoms with Crippen LogP contribution in [0.5, 0.6) is 0 Å². The minimum atomic E-state index is -1.63. The number of nitrogens with one attached hydrogen (secondary N) is 3. The Hall–Kier alpha value is -4.24. The molecule has 0 saturated carbocycles. The van der Waals surface area contributed by atoms with Crippen LogP contribution in [0, 0.1) is 0 Å². The highest BCUT2D eigenvalue weighted by molar-refractivity contribution is 5.92. The first-order valence-electron chi connectivity index (χ1n) is 11.9. The SMILES string of the molecule is CC(C)(C)OC(=O)CCC(=O)NC(CCC(=O)NC(CCC(=O)O)C(=O)O)C(=O)NC(CCC(=O)O)C(=O)O. The first-order valence-corrected chi connectivity index (χ1v) is 11.9. The number of amides is 3. The number of esters is 1. The summed E-state index contributed by atoms with van der Waals surface area (Å²) in [5.74, 6) is -9.09. The highest BCUT2D eigenvalue weighted by atomic mass is 16.6. The molecule has 0 aliphatic carbocycles. The predicted octanol–water partition coefficient (Wildman–Crippen LogP) is -0.758. The molecule has 0 fully saturated rings. The van der Waals surface area contributed by atoms with Crippen molar-refractivity contribution < 1.29 is 63.5 Å². The predicted molar refractivity (Wildman–Crippen MR) is 129 cm³/mol. The molecule has 16 heteroatoms. The minimum Gasteiger partial charge on any atom is -0.481 e. The molecule has 39 heavy (non-hydrogen) atoms.